The lowest BCUT2D eigenvalue weighted by Crippen LogP contribution is -2.16. The van der Waals surface area contributed by atoms with Gasteiger partial charge < -0.3 is 15.2 Å². The minimum absolute atomic E-state index is 0.113. The standard InChI is InChI=1S/C12H13FN4O2/c1-3-14-11-9(5-8(13)6-15-11)12(18)16-10-4-7(2)19-17-10/h4-6H,3H2,1-2H3,(H,14,15)(H,16,17,18). The van der Waals surface area contributed by atoms with Gasteiger partial charge in [0.05, 0.1) is 11.8 Å². The summed E-state index contributed by atoms with van der Waals surface area (Å²) in [6, 6.07) is 2.69. The Morgan fingerprint density at radius 3 is 2.89 bits per heavy atom. The summed E-state index contributed by atoms with van der Waals surface area (Å²) < 4.78 is 18.0. The number of amides is 1. The van der Waals surface area contributed by atoms with Crippen LogP contribution in [-0.4, -0.2) is 22.6 Å². The Bertz CT molecular complexity index is 597. The average molecular weight is 264 g/mol. The molecule has 2 aromatic heterocycles. The number of anilines is 2. The Balaban J connectivity index is 2.24. The molecule has 0 saturated carbocycles. The van der Waals surface area contributed by atoms with Crippen LogP contribution >= 0.6 is 0 Å². The van der Waals surface area contributed by atoms with E-state index in [2.05, 4.69) is 20.8 Å². The predicted octanol–water partition coefficient (Wildman–Crippen LogP) is 2.20. The fraction of sp³-hybridized carbons (Fsp3) is 0.250. The number of aryl methyl sites for hydroxylation is 1. The molecule has 100 valence electrons. The van der Waals surface area contributed by atoms with Gasteiger partial charge in [0.1, 0.15) is 17.4 Å². The van der Waals surface area contributed by atoms with Crippen LogP contribution in [0.25, 0.3) is 0 Å². The minimum Gasteiger partial charge on any atom is -0.370 e. The molecule has 7 heteroatoms. The molecule has 19 heavy (non-hydrogen) atoms. The molecular weight excluding hydrogens is 251 g/mol. The second kappa shape index (κ2) is 5.47. The zero-order valence-electron chi connectivity index (χ0n) is 10.5. The van der Waals surface area contributed by atoms with Gasteiger partial charge in [0, 0.05) is 12.6 Å². The van der Waals surface area contributed by atoms with Gasteiger partial charge >= 0.3 is 0 Å². The highest BCUT2D eigenvalue weighted by molar-refractivity contribution is 6.07. The Kier molecular flexibility index (Phi) is 3.74. The van der Waals surface area contributed by atoms with Crippen molar-refractivity contribution in [3.8, 4) is 0 Å². The lowest BCUT2D eigenvalue weighted by molar-refractivity contribution is 0.102. The van der Waals surface area contributed by atoms with Crippen molar-refractivity contribution in [3.63, 3.8) is 0 Å². The Hall–Kier alpha value is -2.44. The van der Waals surface area contributed by atoms with E-state index in [1.807, 2.05) is 6.92 Å². The summed E-state index contributed by atoms with van der Waals surface area (Å²) in [5, 5.41) is 9.05. The van der Waals surface area contributed by atoms with Gasteiger partial charge in [-0.2, -0.15) is 0 Å². The van der Waals surface area contributed by atoms with E-state index < -0.39 is 11.7 Å². The Labute approximate surface area is 109 Å². The second-order valence-corrected chi connectivity index (χ2v) is 3.86. The Morgan fingerprint density at radius 1 is 1.47 bits per heavy atom. The molecule has 0 fully saturated rings. The van der Waals surface area contributed by atoms with Crippen LogP contribution in [0.3, 0.4) is 0 Å². The first kappa shape index (κ1) is 13.0. The molecule has 2 N–H and O–H groups in total. The number of halogens is 1. The van der Waals surface area contributed by atoms with Crippen molar-refractivity contribution in [2.45, 2.75) is 13.8 Å². The van der Waals surface area contributed by atoms with Crippen LogP contribution in [0, 0.1) is 12.7 Å². The zero-order valence-corrected chi connectivity index (χ0v) is 10.5. The molecule has 2 aromatic rings. The number of hydrogen-bond donors (Lipinski definition) is 2. The molecule has 1 amide bonds. The summed E-state index contributed by atoms with van der Waals surface area (Å²) >= 11 is 0. The molecule has 6 nitrogen and oxygen atoms in total. The lowest BCUT2D eigenvalue weighted by Gasteiger charge is -2.08. The number of nitrogens with zero attached hydrogens (tertiary/aromatic N) is 2. The van der Waals surface area contributed by atoms with Crippen LogP contribution in [0.1, 0.15) is 23.0 Å². The smallest absolute Gasteiger partial charge is 0.260 e. The third-order valence-electron chi connectivity index (χ3n) is 2.31. The van der Waals surface area contributed by atoms with Crippen molar-refractivity contribution in [2.75, 3.05) is 17.2 Å². The number of nitrogens with one attached hydrogen (secondary N) is 2. The summed E-state index contributed by atoms with van der Waals surface area (Å²) in [4.78, 5) is 15.9. The van der Waals surface area contributed by atoms with E-state index in [9.17, 15) is 9.18 Å². The van der Waals surface area contributed by atoms with E-state index >= 15 is 0 Å². The topological polar surface area (TPSA) is 80.0 Å². The van der Waals surface area contributed by atoms with Crippen LogP contribution in [0.5, 0.6) is 0 Å². The van der Waals surface area contributed by atoms with Crippen molar-refractivity contribution in [1.82, 2.24) is 10.1 Å². The number of pyridine rings is 1. The maximum Gasteiger partial charge on any atom is 0.260 e. The fourth-order valence-electron chi connectivity index (χ4n) is 1.53. The molecule has 0 bridgehead atoms. The first-order chi connectivity index (χ1) is 9.10. The van der Waals surface area contributed by atoms with E-state index in [-0.39, 0.29) is 11.4 Å². The number of carbonyl (C=O) groups excluding carboxylic acids is 1. The van der Waals surface area contributed by atoms with Crippen molar-refractivity contribution < 1.29 is 13.7 Å². The molecular formula is C12H13FN4O2. The van der Waals surface area contributed by atoms with Gasteiger partial charge in [-0.25, -0.2) is 9.37 Å². The second-order valence-electron chi connectivity index (χ2n) is 3.86. The van der Waals surface area contributed by atoms with Crippen molar-refractivity contribution >= 4 is 17.5 Å². The normalized spacial score (nSPS) is 10.3. The maximum atomic E-state index is 13.2. The molecule has 0 aliphatic rings. The van der Waals surface area contributed by atoms with Crippen LogP contribution in [0.15, 0.2) is 22.9 Å². The first-order valence-corrected chi connectivity index (χ1v) is 5.74. The molecule has 0 atom stereocenters. The summed E-state index contributed by atoms with van der Waals surface area (Å²) in [5.41, 5.74) is 0.113. The number of aromatic nitrogens is 2. The van der Waals surface area contributed by atoms with Crippen molar-refractivity contribution in [3.05, 3.63) is 35.5 Å². The van der Waals surface area contributed by atoms with E-state index in [0.717, 1.165) is 12.3 Å². The number of hydrogen-bond acceptors (Lipinski definition) is 5. The third kappa shape index (κ3) is 3.06. The van der Waals surface area contributed by atoms with Crippen LogP contribution in [0.4, 0.5) is 16.0 Å². The van der Waals surface area contributed by atoms with Crippen molar-refractivity contribution in [1.29, 1.82) is 0 Å². The van der Waals surface area contributed by atoms with Gasteiger partial charge in [-0.1, -0.05) is 5.16 Å². The third-order valence-corrected chi connectivity index (χ3v) is 2.31. The monoisotopic (exact) mass is 264 g/mol. The highest BCUT2D eigenvalue weighted by Gasteiger charge is 2.15. The van der Waals surface area contributed by atoms with Gasteiger partial charge in [0.2, 0.25) is 0 Å². The molecule has 0 aliphatic heterocycles. The SMILES string of the molecule is CCNc1ncc(F)cc1C(=O)Nc1cc(C)on1. The van der Waals surface area contributed by atoms with Crippen LogP contribution in [0.2, 0.25) is 0 Å². The predicted molar refractivity (Wildman–Crippen MR) is 67.6 cm³/mol. The molecule has 0 saturated heterocycles. The van der Waals surface area contributed by atoms with E-state index in [1.165, 1.54) is 0 Å². The van der Waals surface area contributed by atoms with Gasteiger partial charge in [-0.15, -0.1) is 0 Å². The largest absolute Gasteiger partial charge is 0.370 e. The van der Waals surface area contributed by atoms with Crippen LogP contribution < -0.4 is 10.6 Å². The van der Waals surface area contributed by atoms with Gasteiger partial charge in [0.25, 0.3) is 5.91 Å². The number of rotatable bonds is 4. The minimum atomic E-state index is -0.580. The molecule has 2 rings (SSSR count). The van der Waals surface area contributed by atoms with Crippen molar-refractivity contribution in [2.24, 2.45) is 0 Å². The molecule has 2 heterocycles. The van der Waals surface area contributed by atoms with Gasteiger partial charge in [-0.05, 0) is 19.9 Å². The van der Waals surface area contributed by atoms with Gasteiger partial charge in [0.15, 0.2) is 5.82 Å². The van der Waals surface area contributed by atoms with Gasteiger partial charge in [-0.3, -0.25) is 4.79 Å². The summed E-state index contributed by atoms with van der Waals surface area (Å²) in [7, 11) is 0. The zero-order chi connectivity index (χ0) is 13.8. The summed E-state index contributed by atoms with van der Waals surface area (Å²) in [5.74, 6) is 0.0785. The molecule has 0 radical (unpaired) electrons. The maximum absolute atomic E-state index is 13.2. The van der Waals surface area contributed by atoms with E-state index in [1.54, 1.807) is 13.0 Å². The van der Waals surface area contributed by atoms with Crippen LogP contribution in [-0.2, 0) is 0 Å². The molecule has 0 spiro atoms. The summed E-state index contributed by atoms with van der Waals surface area (Å²) in [6.07, 6.45) is 1.05. The molecule has 0 aromatic carbocycles. The highest BCUT2D eigenvalue weighted by Crippen LogP contribution is 2.16. The Morgan fingerprint density at radius 2 is 2.26 bits per heavy atom. The quantitative estimate of drug-likeness (QED) is 0.884. The average Bonchev–Trinajstić information content (AvgIpc) is 2.77. The van der Waals surface area contributed by atoms with E-state index in [0.29, 0.717) is 18.1 Å². The number of carbonyl (C=O) groups is 1. The first-order valence-electron chi connectivity index (χ1n) is 5.74. The lowest BCUT2D eigenvalue weighted by atomic mass is 10.2. The fourth-order valence-corrected chi connectivity index (χ4v) is 1.53. The highest BCUT2D eigenvalue weighted by atomic mass is 19.1. The summed E-state index contributed by atoms with van der Waals surface area (Å²) in [6.45, 7) is 4.13. The molecule has 0 aliphatic carbocycles. The molecule has 0 unspecified atom stereocenters. The van der Waals surface area contributed by atoms with E-state index in [4.69, 9.17) is 4.52 Å².